The van der Waals surface area contributed by atoms with E-state index in [9.17, 15) is 9.59 Å². The van der Waals surface area contributed by atoms with Crippen molar-refractivity contribution in [1.29, 1.82) is 0 Å². The second-order valence-electron chi connectivity index (χ2n) is 5.32. The van der Waals surface area contributed by atoms with Crippen molar-refractivity contribution in [3.05, 3.63) is 58.4 Å². The largest absolute Gasteiger partial charge is 0.467 e. The highest BCUT2D eigenvalue weighted by Gasteiger charge is 2.29. The fourth-order valence-corrected chi connectivity index (χ4v) is 2.84. The molecule has 1 fully saturated rings. The minimum Gasteiger partial charge on any atom is -0.467 e. The van der Waals surface area contributed by atoms with Crippen LogP contribution in [0, 0.1) is 0 Å². The lowest BCUT2D eigenvalue weighted by Gasteiger charge is -2.28. The number of nitrogens with one attached hydrogen (secondary N) is 1. The van der Waals surface area contributed by atoms with E-state index in [1.807, 2.05) is 17.0 Å². The van der Waals surface area contributed by atoms with E-state index in [0.717, 1.165) is 31.4 Å². The number of pyridine rings is 1. The molecule has 3 rings (SSSR count). The van der Waals surface area contributed by atoms with Crippen LogP contribution in [0.4, 0.5) is 0 Å². The summed E-state index contributed by atoms with van der Waals surface area (Å²) in [5, 5.41) is 0. The summed E-state index contributed by atoms with van der Waals surface area (Å²) in [5.41, 5.74) is 0.304. The molecule has 110 valence electrons. The predicted octanol–water partition coefficient (Wildman–Crippen LogP) is 2.73. The molecule has 2 aromatic rings. The summed E-state index contributed by atoms with van der Waals surface area (Å²) >= 11 is 0. The lowest BCUT2D eigenvalue weighted by atomic mass is 10.1. The number of nitrogens with zero attached hydrogens (tertiary/aromatic N) is 1. The predicted molar refractivity (Wildman–Crippen MR) is 78.0 cm³/mol. The Balaban J connectivity index is 1.90. The summed E-state index contributed by atoms with van der Waals surface area (Å²) in [6.45, 7) is 0.712. The van der Waals surface area contributed by atoms with Crippen molar-refractivity contribution in [2.24, 2.45) is 0 Å². The van der Waals surface area contributed by atoms with Crippen molar-refractivity contribution < 1.29 is 9.21 Å². The Kier molecular flexibility index (Phi) is 3.90. The van der Waals surface area contributed by atoms with Gasteiger partial charge in [-0.25, -0.2) is 0 Å². The van der Waals surface area contributed by atoms with Gasteiger partial charge in [0, 0.05) is 18.8 Å². The number of H-pyrrole nitrogens is 1. The van der Waals surface area contributed by atoms with Gasteiger partial charge in [-0.3, -0.25) is 9.59 Å². The van der Waals surface area contributed by atoms with Crippen molar-refractivity contribution in [3.63, 3.8) is 0 Å². The number of hydrogen-bond donors (Lipinski definition) is 1. The third-order valence-electron chi connectivity index (χ3n) is 3.92. The molecule has 0 saturated carbocycles. The van der Waals surface area contributed by atoms with Gasteiger partial charge >= 0.3 is 0 Å². The minimum atomic E-state index is -0.204. The number of furan rings is 1. The summed E-state index contributed by atoms with van der Waals surface area (Å²) in [6, 6.07) is 6.70. The SMILES string of the molecule is O=C(c1ccc(=O)[nH]c1)N1CCCCC[C@@H]1c1ccco1. The molecule has 1 atom stereocenters. The number of aromatic amines is 1. The molecule has 5 nitrogen and oxygen atoms in total. The summed E-state index contributed by atoms with van der Waals surface area (Å²) in [4.78, 5) is 28.3. The van der Waals surface area contributed by atoms with Gasteiger partial charge in [-0.15, -0.1) is 0 Å². The molecule has 1 saturated heterocycles. The van der Waals surface area contributed by atoms with Crippen molar-refractivity contribution in [2.75, 3.05) is 6.54 Å². The lowest BCUT2D eigenvalue weighted by molar-refractivity contribution is 0.0658. The molecule has 1 amide bonds. The number of aromatic nitrogens is 1. The zero-order valence-corrected chi connectivity index (χ0v) is 11.7. The maximum atomic E-state index is 12.7. The van der Waals surface area contributed by atoms with Crippen LogP contribution >= 0.6 is 0 Å². The van der Waals surface area contributed by atoms with Crippen molar-refractivity contribution in [1.82, 2.24) is 9.88 Å². The molecule has 21 heavy (non-hydrogen) atoms. The highest BCUT2D eigenvalue weighted by atomic mass is 16.3. The van der Waals surface area contributed by atoms with Crippen LogP contribution in [0.2, 0.25) is 0 Å². The molecular formula is C16H18N2O3. The fraction of sp³-hybridized carbons (Fsp3) is 0.375. The van der Waals surface area contributed by atoms with Crippen molar-refractivity contribution in [2.45, 2.75) is 31.7 Å². The van der Waals surface area contributed by atoms with Gasteiger partial charge in [0.05, 0.1) is 17.9 Å². The quantitative estimate of drug-likeness (QED) is 0.923. The Bertz CT molecular complexity index is 640. The first-order valence-corrected chi connectivity index (χ1v) is 7.29. The van der Waals surface area contributed by atoms with Crippen LogP contribution in [-0.2, 0) is 0 Å². The van der Waals surface area contributed by atoms with E-state index in [4.69, 9.17) is 4.42 Å². The molecule has 0 spiro atoms. The van der Waals surface area contributed by atoms with Gasteiger partial charge in [-0.05, 0) is 31.0 Å². The molecule has 0 radical (unpaired) electrons. The molecule has 0 aromatic carbocycles. The van der Waals surface area contributed by atoms with Gasteiger partial charge in [-0.1, -0.05) is 12.8 Å². The Morgan fingerprint density at radius 1 is 1.24 bits per heavy atom. The first-order chi connectivity index (χ1) is 10.3. The third kappa shape index (κ3) is 2.91. The van der Waals surface area contributed by atoms with E-state index in [1.54, 1.807) is 12.3 Å². The summed E-state index contributed by atoms with van der Waals surface area (Å²) < 4.78 is 5.51. The Labute approximate surface area is 122 Å². The number of amides is 1. The van der Waals surface area contributed by atoms with Gasteiger partial charge in [0.2, 0.25) is 5.56 Å². The normalized spacial score (nSPS) is 19.2. The van der Waals surface area contributed by atoms with Crippen LogP contribution in [-0.4, -0.2) is 22.3 Å². The van der Waals surface area contributed by atoms with E-state index in [0.29, 0.717) is 12.1 Å². The first-order valence-electron chi connectivity index (χ1n) is 7.29. The summed E-state index contributed by atoms with van der Waals surface area (Å²) in [6.07, 6.45) is 7.22. The molecule has 0 bridgehead atoms. The molecule has 1 N–H and O–H groups in total. The topological polar surface area (TPSA) is 66.3 Å². The van der Waals surface area contributed by atoms with Crippen LogP contribution < -0.4 is 5.56 Å². The third-order valence-corrected chi connectivity index (χ3v) is 3.92. The Morgan fingerprint density at radius 2 is 2.14 bits per heavy atom. The number of carbonyl (C=O) groups excluding carboxylic acids is 1. The summed E-state index contributed by atoms with van der Waals surface area (Å²) in [7, 11) is 0. The Hall–Kier alpha value is -2.30. The monoisotopic (exact) mass is 286 g/mol. The highest BCUT2D eigenvalue weighted by molar-refractivity contribution is 5.94. The first kappa shape index (κ1) is 13.7. The lowest BCUT2D eigenvalue weighted by Crippen LogP contribution is -2.35. The number of rotatable bonds is 2. The van der Waals surface area contributed by atoms with E-state index in [-0.39, 0.29) is 17.5 Å². The van der Waals surface area contributed by atoms with Crippen molar-refractivity contribution >= 4 is 5.91 Å². The van der Waals surface area contributed by atoms with Gasteiger partial charge in [-0.2, -0.15) is 0 Å². The second-order valence-corrected chi connectivity index (χ2v) is 5.32. The van der Waals surface area contributed by atoms with Gasteiger partial charge in [0.15, 0.2) is 0 Å². The molecule has 1 aliphatic rings. The van der Waals surface area contributed by atoms with Gasteiger partial charge < -0.3 is 14.3 Å². The molecule has 2 aromatic heterocycles. The average molecular weight is 286 g/mol. The zero-order chi connectivity index (χ0) is 14.7. The van der Waals surface area contributed by atoms with Crippen molar-refractivity contribution in [3.8, 4) is 0 Å². The summed E-state index contributed by atoms with van der Waals surface area (Å²) in [5.74, 6) is 0.768. The molecular weight excluding hydrogens is 268 g/mol. The van der Waals surface area contributed by atoms with E-state index < -0.39 is 0 Å². The Morgan fingerprint density at radius 3 is 2.86 bits per heavy atom. The van der Waals surface area contributed by atoms with E-state index in [1.165, 1.54) is 12.3 Å². The van der Waals surface area contributed by atoms with E-state index >= 15 is 0 Å². The van der Waals surface area contributed by atoms with E-state index in [2.05, 4.69) is 4.98 Å². The number of carbonyl (C=O) groups is 1. The van der Waals surface area contributed by atoms with Crippen LogP contribution in [0.25, 0.3) is 0 Å². The van der Waals surface area contributed by atoms with Gasteiger partial charge in [0.25, 0.3) is 5.91 Å². The van der Waals surface area contributed by atoms with Crippen LogP contribution in [0.15, 0.2) is 45.9 Å². The van der Waals surface area contributed by atoms with Crippen LogP contribution in [0.5, 0.6) is 0 Å². The molecule has 0 unspecified atom stereocenters. The standard InChI is InChI=1S/C16H18N2O3/c19-15-8-7-12(11-17-15)16(20)18-9-3-1-2-5-13(18)14-6-4-10-21-14/h4,6-8,10-11,13H,1-3,5,9H2,(H,17,19)/t13-/m1/s1. The molecule has 3 heterocycles. The number of hydrogen-bond acceptors (Lipinski definition) is 3. The molecule has 1 aliphatic heterocycles. The highest BCUT2D eigenvalue weighted by Crippen LogP contribution is 2.31. The van der Waals surface area contributed by atoms with Crippen LogP contribution in [0.1, 0.15) is 47.8 Å². The zero-order valence-electron chi connectivity index (χ0n) is 11.7. The average Bonchev–Trinajstić information content (AvgIpc) is 2.92. The second kappa shape index (κ2) is 5.99. The fourth-order valence-electron chi connectivity index (χ4n) is 2.84. The minimum absolute atomic E-state index is 0.0260. The smallest absolute Gasteiger partial charge is 0.255 e. The maximum absolute atomic E-state index is 12.7. The van der Waals surface area contributed by atoms with Gasteiger partial charge in [0.1, 0.15) is 5.76 Å². The maximum Gasteiger partial charge on any atom is 0.255 e. The molecule has 0 aliphatic carbocycles. The molecule has 5 heteroatoms. The number of likely N-dealkylation sites (tertiary alicyclic amines) is 1. The van der Waals surface area contributed by atoms with Crippen LogP contribution in [0.3, 0.4) is 0 Å².